The third kappa shape index (κ3) is 2.96. The summed E-state index contributed by atoms with van der Waals surface area (Å²) in [7, 11) is 2.17. The van der Waals surface area contributed by atoms with Crippen molar-refractivity contribution >= 4 is 17.6 Å². The molecule has 2 fully saturated rings. The minimum absolute atomic E-state index is 0.00437. The molecule has 2 saturated heterocycles. The highest BCUT2D eigenvalue weighted by molar-refractivity contribution is 6.30. The topological polar surface area (TPSA) is 42.7 Å². The quantitative estimate of drug-likeness (QED) is 0.774. The van der Waals surface area contributed by atoms with Gasteiger partial charge in [-0.3, -0.25) is 0 Å². The lowest BCUT2D eigenvalue weighted by atomic mass is 10.0. The van der Waals surface area contributed by atoms with Gasteiger partial charge in [0, 0.05) is 35.5 Å². The zero-order chi connectivity index (χ0) is 16.7. The molecule has 2 aromatic rings. The summed E-state index contributed by atoms with van der Waals surface area (Å²) in [6, 6.07) is 11.9. The highest BCUT2D eigenvalue weighted by Crippen LogP contribution is 2.36. The third-order valence-electron chi connectivity index (χ3n) is 5.26. The van der Waals surface area contributed by atoms with Crippen LogP contribution < -0.4 is 0 Å². The standard InChI is InChI=1S/C19H20ClNO3/c1-21-14-6-7-15(21)11-16(10-14)23-19(22)18-9-8-17(24-18)12-2-4-13(20)5-3-12/h2-5,8-9,14-16H,6-7,10-11H2,1H3. The second-order valence-corrected chi connectivity index (χ2v) is 7.16. The number of carbonyl (C=O) groups is 1. The van der Waals surface area contributed by atoms with Crippen molar-refractivity contribution in [2.24, 2.45) is 0 Å². The van der Waals surface area contributed by atoms with E-state index >= 15 is 0 Å². The Morgan fingerprint density at radius 1 is 1.12 bits per heavy atom. The van der Waals surface area contributed by atoms with E-state index in [4.69, 9.17) is 20.8 Å². The van der Waals surface area contributed by atoms with E-state index in [1.165, 1.54) is 12.8 Å². The summed E-state index contributed by atoms with van der Waals surface area (Å²) in [6.45, 7) is 0. The van der Waals surface area contributed by atoms with Crippen molar-refractivity contribution in [3.05, 3.63) is 47.2 Å². The molecule has 1 aromatic heterocycles. The van der Waals surface area contributed by atoms with Crippen LogP contribution in [0.4, 0.5) is 0 Å². The first-order valence-corrected chi connectivity index (χ1v) is 8.76. The number of nitrogens with zero attached hydrogens (tertiary/aromatic N) is 1. The Kier molecular flexibility index (Phi) is 4.10. The van der Waals surface area contributed by atoms with Crippen LogP contribution in [0.15, 0.2) is 40.8 Å². The molecule has 4 rings (SSSR count). The fraction of sp³-hybridized carbons (Fsp3) is 0.421. The Labute approximate surface area is 146 Å². The number of ether oxygens (including phenoxy) is 1. The van der Waals surface area contributed by atoms with Crippen LogP contribution in [-0.2, 0) is 4.74 Å². The van der Waals surface area contributed by atoms with Gasteiger partial charge in [0.2, 0.25) is 5.76 Å². The highest BCUT2D eigenvalue weighted by Gasteiger charge is 2.40. The minimum Gasteiger partial charge on any atom is -0.456 e. The molecule has 0 N–H and O–H groups in total. The highest BCUT2D eigenvalue weighted by atomic mass is 35.5. The number of rotatable bonds is 3. The van der Waals surface area contributed by atoms with Gasteiger partial charge in [0.25, 0.3) is 0 Å². The molecule has 2 bridgehead atoms. The van der Waals surface area contributed by atoms with Crippen molar-refractivity contribution in [3.63, 3.8) is 0 Å². The van der Waals surface area contributed by atoms with E-state index in [0.29, 0.717) is 22.9 Å². The number of esters is 1. The molecular weight excluding hydrogens is 326 g/mol. The molecule has 2 atom stereocenters. The first-order chi connectivity index (χ1) is 11.6. The van der Waals surface area contributed by atoms with Crippen molar-refractivity contribution in [2.45, 2.75) is 43.9 Å². The Balaban J connectivity index is 1.43. The molecule has 1 aromatic carbocycles. The summed E-state index contributed by atoms with van der Waals surface area (Å²) in [6.07, 6.45) is 4.25. The molecule has 0 spiro atoms. The lowest BCUT2D eigenvalue weighted by Crippen LogP contribution is -2.43. The molecule has 0 aliphatic carbocycles. The van der Waals surface area contributed by atoms with Gasteiger partial charge in [-0.2, -0.15) is 0 Å². The fourth-order valence-electron chi connectivity index (χ4n) is 3.88. The van der Waals surface area contributed by atoms with Crippen LogP contribution in [0.3, 0.4) is 0 Å². The van der Waals surface area contributed by atoms with Gasteiger partial charge in [-0.05, 0) is 56.3 Å². The zero-order valence-electron chi connectivity index (χ0n) is 13.6. The van der Waals surface area contributed by atoms with E-state index in [0.717, 1.165) is 18.4 Å². The van der Waals surface area contributed by atoms with Crippen LogP contribution in [0, 0.1) is 0 Å². The number of benzene rings is 1. The lowest BCUT2D eigenvalue weighted by Gasteiger charge is -2.35. The predicted octanol–water partition coefficient (Wildman–Crippen LogP) is 4.38. The first kappa shape index (κ1) is 15.7. The number of furan rings is 1. The van der Waals surface area contributed by atoms with Crippen molar-refractivity contribution in [2.75, 3.05) is 7.05 Å². The first-order valence-electron chi connectivity index (χ1n) is 8.39. The number of carbonyl (C=O) groups excluding carboxylic acids is 1. The molecule has 24 heavy (non-hydrogen) atoms. The van der Waals surface area contributed by atoms with Gasteiger partial charge in [-0.1, -0.05) is 11.6 Å². The van der Waals surface area contributed by atoms with Gasteiger partial charge in [-0.15, -0.1) is 0 Å². The van der Waals surface area contributed by atoms with Crippen LogP contribution in [-0.4, -0.2) is 36.1 Å². The number of halogens is 1. The Hall–Kier alpha value is -1.78. The van der Waals surface area contributed by atoms with Crippen LogP contribution in [0.25, 0.3) is 11.3 Å². The van der Waals surface area contributed by atoms with Crippen molar-refractivity contribution < 1.29 is 13.9 Å². The molecule has 0 amide bonds. The maximum Gasteiger partial charge on any atom is 0.374 e. The van der Waals surface area contributed by atoms with Crippen molar-refractivity contribution in [1.29, 1.82) is 0 Å². The average molecular weight is 346 g/mol. The summed E-state index contributed by atoms with van der Waals surface area (Å²) < 4.78 is 11.4. The minimum atomic E-state index is -0.371. The van der Waals surface area contributed by atoms with Crippen LogP contribution in [0.1, 0.15) is 36.2 Å². The Morgan fingerprint density at radius 3 is 2.46 bits per heavy atom. The van der Waals surface area contributed by atoms with Crippen molar-refractivity contribution in [3.8, 4) is 11.3 Å². The molecule has 2 aliphatic heterocycles. The van der Waals surface area contributed by atoms with Gasteiger partial charge < -0.3 is 14.1 Å². The average Bonchev–Trinajstić information content (AvgIpc) is 3.12. The van der Waals surface area contributed by atoms with E-state index in [-0.39, 0.29) is 17.8 Å². The third-order valence-corrected chi connectivity index (χ3v) is 5.52. The van der Waals surface area contributed by atoms with Gasteiger partial charge in [0.1, 0.15) is 11.9 Å². The van der Waals surface area contributed by atoms with Crippen LogP contribution in [0.5, 0.6) is 0 Å². The summed E-state index contributed by atoms with van der Waals surface area (Å²) in [5, 5.41) is 0.668. The van der Waals surface area contributed by atoms with Crippen LogP contribution in [0.2, 0.25) is 5.02 Å². The summed E-state index contributed by atoms with van der Waals surface area (Å²) in [4.78, 5) is 14.8. The van der Waals surface area contributed by atoms with Gasteiger partial charge >= 0.3 is 5.97 Å². The Bertz CT molecular complexity index is 725. The van der Waals surface area contributed by atoms with E-state index in [1.54, 1.807) is 24.3 Å². The fourth-order valence-corrected chi connectivity index (χ4v) is 4.01. The molecule has 0 radical (unpaired) electrons. The van der Waals surface area contributed by atoms with Crippen LogP contribution >= 0.6 is 11.6 Å². The van der Waals surface area contributed by atoms with Gasteiger partial charge in [-0.25, -0.2) is 4.79 Å². The zero-order valence-corrected chi connectivity index (χ0v) is 14.3. The van der Waals surface area contributed by atoms with Gasteiger partial charge in [0.15, 0.2) is 0 Å². The molecule has 5 heteroatoms. The normalized spacial score (nSPS) is 26.5. The second kappa shape index (κ2) is 6.26. The molecular formula is C19H20ClNO3. The molecule has 2 aliphatic rings. The monoisotopic (exact) mass is 345 g/mol. The smallest absolute Gasteiger partial charge is 0.374 e. The summed E-state index contributed by atoms with van der Waals surface area (Å²) >= 11 is 5.89. The van der Waals surface area contributed by atoms with E-state index in [2.05, 4.69) is 11.9 Å². The summed E-state index contributed by atoms with van der Waals surface area (Å²) in [5.74, 6) is 0.525. The maximum atomic E-state index is 12.4. The number of fused-ring (bicyclic) bond motifs is 2. The SMILES string of the molecule is CN1C2CCC1CC(OC(=O)c1ccc(-c3ccc(Cl)cc3)o1)C2. The Morgan fingerprint density at radius 2 is 1.79 bits per heavy atom. The maximum absolute atomic E-state index is 12.4. The molecule has 0 saturated carbocycles. The second-order valence-electron chi connectivity index (χ2n) is 6.72. The predicted molar refractivity (Wildman–Crippen MR) is 92.2 cm³/mol. The lowest BCUT2D eigenvalue weighted by molar-refractivity contribution is -0.00305. The van der Waals surface area contributed by atoms with E-state index < -0.39 is 0 Å². The number of hydrogen-bond donors (Lipinski definition) is 0. The molecule has 4 nitrogen and oxygen atoms in total. The number of hydrogen-bond acceptors (Lipinski definition) is 4. The molecule has 2 unspecified atom stereocenters. The van der Waals surface area contributed by atoms with Gasteiger partial charge in [0.05, 0.1) is 0 Å². The van der Waals surface area contributed by atoms with E-state index in [1.807, 2.05) is 12.1 Å². The number of piperidine rings is 1. The summed E-state index contributed by atoms with van der Waals surface area (Å²) in [5.41, 5.74) is 0.885. The molecule has 126 valence electrons. The van der Waals surface area contributed by atoms with E-state index in [9.17, 15) is 4.79 Å². The molecule has 3 heterocycles. The van der Waals surface area contributed by atoms with Crippen molar-refractivity contribution in [1.82, 2.24) is 4.90 Å². The largest absolute Gasteiger partial charge is 0.456 e.